The van der Waals surface area contributed by atoms with Gasteiger partial charge < -0.3 is 0 Å². The summed E-state index contributed by atoms with van der Waals surface area (Å²) in [5.41, 5.74) is 1.46. The van der Waals surface area contributed by atoms with Crippen LogP contribution in [-0.4, -0.2) is 15.0 Å². The van der Waals surface area contributed by atoms with Gasteiger partial charge in [-0.1, -0.05) is 0 Å². The molecule has 0 aliphatic carbocycles. The van der Waals surface area contributed by atoms with Gasteiger partial charge in [-0.3, -0.25) is 0 Å². The van der Waals surface area contributed by atoms with Crippen LogP contribution < -0.4 is 14.4 Å². The molecule has 1 aromatic heterocycles. The number of halogens is 1. The van der Waals surface area contributed by atoms with Crippen molar-refractivity contribution in [2.75, 3.05) is 0 Å². The van der Waals surface area contributed by atoms with E-state index in [0.29, 0.717) is 26.2 Å². The summed E-state index contributed by atoms with van der Waals surface area (Å²) in [7, 11) is 0. The average Bonchev–Trinajstić information content (AvgIpc) is 2.66. The quantitative estimate of drug-likeness (QED) is 0.480. The third kappa shape index (κ3) is 3.27. The van der Waals surface area contributed by atoms with E-state index in [1.165, 1.54) is 0 Å². The molecule has 0 atom stereocenters. The van der Waals surface area contributed by atoms with Crippen LogP contribution in [0.15, 0.2) is 88.1 Å². The van der Waals surface area contributed by atoms with E-state index in [1.807, 2.05) is 60.7 Å². The zero-order chi connectivity index (χ0) is 17.2. The molecule has 0 radical (unpaired) electrons. The van der Waals surface area contributed by atoms with E-state index in [1.54, 1.807) is 18.2 Å². The predicted octanol–water partition coefficient (Wildman–Crippen LogP) is 3.77. The van der Waals surface area contributed by atoms with Crippen LogP contribution in [0.25, 0.3) is 22.3 Å². The Labute approximate surface area is 156 Å². The standard InChI is InChI=1S/C21H13ClO2Se/c22-15-11-12-18-17(13-15)19(23)21(25-16-9-5-2-6-10-16)20(24-18)14-7-3-1-4-8-14/h1-13H. The van der Waals surface area contributed by atoms with Crippen LogP contribution in [0, 0.1) is 0 Å². The van der Waals surface area contributed by atoms with Crippen molar-refractivity contribution >= 4 is 46.5 Å². The van der Waals surface area contributed by atoms with Crippen molar-refractivity contribution in [1.82, 2.24) is 0 Å². The molecular formula is C21H13ClO2Se. The van der Waals surface area contributed by atoms with Crippen LogP contribution in [0.1, 0.15) is 0 Å². The van der Waals surface area contributed by atoms with E-state index in [9.17, 15) is 4.79 Å². The normalized spacial score (nSPS) is 10.9. The van der Waals surface area contributed by atoms with Crippen molar-refractivity contribution in [3.05, 3.63) is 94.1 Å². The van der Waals surface area contributed by atoms with Gasteiger partial charge >= 0.3 is 156 Å². The molecule has 0 saturated heterocycles. The number of fused-ring (bicyclic) bond motifs is 1. The van der Waals surface area contributed by atoms with Gasteiger partial charge in [0.1, 0.15) is 0 Å². The molecule has 0 saturated carbocycles. The van der Waals surface area contributed by atoms with Crippen molar-refractivity contribution in [2.24, 2.45) is 0 Å². The van der Waals surface area contributed by atoms with Gasteiger partial charge in [0.05, 0.1) is 0 Å². The second kappa shape index (κ2) is 6.89. The summed E-state index contributed by atoms with van der Waals surface area (Å²) >= 11 is 5.92. The van der Waals surface area contributed by atoms with Crippen LogP contribution in [-0.2, 0) is 0 Å². The van der Waals surface area contributed by atoms with Gasteiger partial charge in [-0.15, -0.1) is 0 Å². The van der Waals surface area contributed by atoms with Gasteiger partial charge in [0, 0.05) is 0 Å². The first-order valence-electron chi connectivity index (χ1n) is 7.77. The van der Waals surface area contributed by atoms with Crippen LogP contribution in [0.3, 0.4) is 0 Å². The molecule has 2 nitrogen and oxygen atoms in total. The Balaban J connectivity index is 2.00. The molecule has 122 valence electrons. The molecule has 3 aromatic carbocycles. The molecule has 0 amide bonds. The summed E-state index contributed by atoms with van der Waals surface area (Å²) < 4.78 is 7.98. The van der Waals surface area contributed by atoms with Gasteiger partial charge in [0.25, 0.3) is 0 Å². The Hall–Kier alpha value is -2.32. The summed E-state index contributed by atoms with van der Waals surface area (Å²) in [5, 5.41) is 1.06. The van der Waals surface area contributed by atoms with E-state index in [-0.39, 0.29) is 20.4 Å². The van der Waals surface area contributed by atoms with E-state index in [4.69, 9.17) is 16.0 Å². The fourth-order valence-corrected chi connectivity index (χ4v) is 4.87. The Morgan fingerprint density at radius 2 is 1.52 bits per heavy atom. The van der Waals surface area contributed by atoms with E-state index >= 15 is 0 Å². The van der Waals surface area contributed by atoms with Gasteiger partial charge in [-0.05, 0) is 0 Å². The van der Waals surface area contributed by atoms with Crippen LogP contribution >= 0.6 is 11.6 Å². The van der Waals surface area contributed by atoms with E-state index in [2.05, 4.69) is 0 Å². The molecule has 0 N–H and O–H groups in total. The number of benzene rings is 3. The first kappa shape index (κ1) is 16.2. The molecule has 0 fully saturated rings. The SMILES string of the molecule is O=c1c([Se]c2ccccc2)c(-c2ccccc2)oc2ccc(Cl)cc12. The summed E-state index contributed by atoms with van der Waals surface area (Å²) in [6.07, 6.45) is 0. The molecule has 25 heavy (non-hydrogen) atoms. The molecule has 0 aliphatic heterocycles. The Kier molecular flexibility index (Phi) is 4.46. The third-order valence-electron chi connectivity index (χ3n) is 3.81. The Morgan fingerprint density at radius 3 is 2.24 bits per heavy atom. The molecule has 0 aliphatic rings. The van der Waals surface area contributed by atoms with Crippen molar-refractivity contribution < 1.29 is 4.42 Å². The molecule has 4 aromatic rings. The van der Waals surface area contributed by atoms with Crippen molar-refractivity contribution in [3.63, 3.8) is 0 Å². The monoisotopic (exact) mass is 412 g/mol. The fourth-order valence-electron chi connectivity index (χ4n) is 2.63. The number of hydrogen-bond acceptors (Lipinski definition) is 2. The summed E-state index contributed by atoms with van der Waals surface area (Å²) in [5.74, 6) is 0.643. The van der Waals surface area contributed by atoms with E-state index in [0.717, 1.165) is 10.0 Å². The molecule has 0 bridgehead atoms. The molecular weight excluding hydrogens is 399 g/mol. The second-order valence-corrected chi connectivity index (χ2v) is 8.22. The first-order chi connectivity index (χ1) is 12.2. The zero-order valence-electron chi connectivity index (χ0n) is 13.1. The molecule has 4 rings (SSSR count). The summed E-state index contributed by atoms with van der Waals surface area (Å²) in [4.78, 5) is 13.2. The van der Waals surface area contributed by atoms with Crippen LogP contribution in [0.5, 0.6) is 0 Å². The molecule has 0 unspecified atom stereocenters. The topological polar surface area (TPSA) is 30.2 Å². The van der Waals surface area contributed by atoms with Gasteiger partial charge in [-0.2, -0.15) is 0 Å². The Bertz CT molecular complexity index is 1090. The van der Waals surface area contributed by atoms with Crippen molar-refractivity contribution in [3.8, 4) is 11.3 Å². The minimum absolute atomic E-state index is 0.00791. The molecule has 4 heteroatoms. The second-order valence-electron chi connectivity index (χ2n) is 5.51. The maximum atomic E-state index is 13.2. The summed E-state index contributed by atoms with van der Waals surface area (Å²) in [6, 6.07) is 25.0. The van der Waals surface area contributed by atoms with Crippen LogP contribution in [0.2, 0.25) is 5.02 Å². The maximum absolute atomic E-state index is 13.2. The zero-order valence-corrected chi connectivity index (χ0v) is 15.6. The minimum atomic E-state index is -0.163. The van der Waals surface area contributed by atoms with Gasteiger partial charge in [0.2, 0.25) is 0 Å². The van der Waals surface area contributed by atoms with Crippen LogP contribution in [0.4, 0.5) is 0 Å². The van der Waals surface area contributed by atoms with E-state index < -0.39 is 0 Å². The predicted molar refractivity (Wildman–Crippen MR) is 104 cm³/mol. The molecule has 1 heterocycles. The van der Waals surface area contributed by atoms with Crippen molar-refractivity contribution in [2.45, 2.75) is 0 Å². The van der Waals surface area contributed by atoms with Gasteiger partial charge in [0.15, 0.2) is 0 Å². The first-order valence-corrected chi connectivity index (χ1v) is 9.86. The molecule has 0 spiro atoms. The Morgan fingerprint density at radius 1 is 0.840 bits per heavy atom. The third-order valence-corrected chi connectivity index (χ3v) is 6.32. The number of rotatable bonds is 3. The summed E-state index contributed by atoms with van der Waals surface area (Å²) in [6.45, 7) is 0. The fraction of sp³-hybridized carbons (Fsp3) is 0. The van der Waals surface area contributed by atoms with Gasteiger partial charge in [-0.25, -0.2) is 0 Å². The number of hydrogen-bond donors (Lipinski definition) is 0. The van der Waals surface area contributed by atoms with Crippen molar-refractivity contribution in [1.29, 1.82) is 0 Å². The average molecular weight is 412 g/mol.